The van der Waals surface area contributed by atoms with Gasteiger partial charge in [-0.15, -0.1) is 11.8 Å². The Bertz CT molecular complexity index is 5080. The van der Waals surface area contributed by atoms with Crippen molar-refractivity contribution in [3.63, 3.8) is 0 Å². The number of hydrogen-bond acceptors (Lipinski definition) is 20. The SMILES string of the molecule is CCCC[C@H]1C(=O)N(C)CC(=O)C[C@@H](COC=O)C(=O)C[C@@H](C(C)C)C(=O)N(C)[C@@H](Cc2ccc(Cl)cc2)C(=O)N[C@@H](Cc2ccc(O)cc2)C(=O)N(C)CC(=O)N[C@@H](Cc2c[nH]c3ccccc23)C(=O)N[C@@H](Cc2ccc(O)cc2)C(=O)N[C@@H](CC(C)C)C(=O)N[C@H](C(=O)CCC(N)=O)CSCC(=O)N[C@@H](Cc2ccccc2)C(=O)N(C)[C@@H](Cc2ccccc2)C(=O)N1C. The number of carbonyl (C=O) groups excluding carboxylic acids is 16. The molecule has 7 aromatic rings. The summed E-state index contributed by atoms with van der Waals surface area (Å²) in [5.41, 5.74) is 9.25. The van der Waals surface area contributed by atoms with Gasteiger partial charge in [-0.1, -0.05) is 174 Å². The first-order valence-corrected chi connectivity index (χ1v) is 45.0. The quantitative estimate of drug-likeness (QED) is 0.0289. The molecule has 0 unspecified atom stereocenters. The molecule has 1 saturated heterocycles. The second-order valence-corrected chi connectivity index (χ2v) is 35.4. The molecule has 0 bridgehead atoms. The molecular weight excluding hydrogens is 1710 g/mol. The van der Waals surface area contributed by atoms with Gasteiger partial charge in [0.2, 0.25) is 70.9 Å². The van der Waals surface area contributed by atoms with Gasteiger partial charge >= 0.3 is 0 Å². The summed E-state index contributed by atoms with van der Waals surface area (Å²) in [4.78, 5) is 244. The minimum Gasteiger partial charge on any atom is -0.508 e. The molecule has 11 atom stereocenters. The van der Waals surface area contributed by atoms with Crippen molar-refractivity contribution in [2.24, 2.45) is 29.4 Å². The van der Waals surface area contributed by atoms with Gasteiger partial charge in [0.05, 0.1) is 30.8 Å². The zero-order valence-corrected chi connectivity index (χ0v) is 76.6. The summed E-state index contributed by atoms with van der Waals surface area (Å²) in [5.74, 6) is -16.5. The van der Waals surface area contributed by atoms with Gasteiger partial charge in [-0.2, -0.15) is 0 Å². The Morgan fingerprint density at radius 2 is 1.01 bits per heavy atom. The van der Waals surface area contributed by atoms with Crippen LogP contribution in [0.4, 0.5) is 0 Å². The van der Waals surface area contributed by atoms with E-state index in [4.69, 9.17) is 22.1 Å². The Morgan fingerprint density at radius 3 is 1.59 bits per heavy atom. The number of aromatic hydroxyl groups is 2. The van der Waals surface area contributed by atoms with Crippen LogP contribution in [0, 0.1) is 23.7 Å². The van der Waals surface area contributed by atoms with Crippen molar-refractivity contribution in [2.45, 2.75) is 179 Å². The maximum Gasteiger partial charge on any atom is 0.293 e. The summed E-state index contributed by atoms with van der Waals surface area (Å²) in [6.45, 7) is 6.81. The number of nitrogens with two attached hydrogens (primary N) is 1. The molecule has 11 N–H and O–H groups in total. The monoisotopic (exact) mass is 1830 g/mol. The molecule has 0 radical (unpaired) electrons. The first-order valence-electron chi connectivity index (χ1n) is 43.4. The highest BCUT2D eigenvalue weighted by molar-refractivity contribution is 8.00. The van der Waals surface area contributed by atoms with Gasteiger partial charge in [0, 0.05) is 133 Å². The van der Waals surface area contributed by atoms with Crippen molar-refractivity contribution in [1.29, 1.82) is 0 Å². The van der Waals surface area contributed by atoms with E-state index in [0.29, 0.717) is 62.1 Å². The van der Waals surface area contributed by atoms with E-state index in [1.807, 2.05) is 6.92 Å². The van der Waals surface area contributed by atoms with Crippen molar-refractivity contribution in [3.05, 3.63) is 202 Å². The molecule has 34 heteroatoms. The smallest absolute Gasteiger partial charge is 0.293 e. The van der Waals surface area contributed by atoms with Crippen LogP contribution in [0.15, 0.2) is 164 Å². The number of aromatic amines is 1. The highest BCUT2D eigenvalue weighted by Gasteiger charge is 2.42. The van der Waals surface area contributed by atoms with Gasteiger partial charge in [0.25, 0.3) is 6.47 Å². The second-order valence-electron chi connectivity index (χ2n) is 33.9. The fourth-order valence-electron chi connectivity index (χ4n) is 15.6. The third-order valence-corrected chi connectivity index (χ3v) is 24.3. The predicted molar refractivity (Wildman–Crippen MR) is 490 cm³/mol. The molecule has 1 aliphatic heterocycles. The van der Waals surface area contributed by atoms with Gasteiger partial charge in [-0.05, 0) is 101 Å². The average molecular weight is 1830 g/mol. The number of phenolic OH excluding ortho intramolecular Hbond substituents is 2. The lowest BCUT2D eigenvalue weighted by molar-refractivity contribution is -0.151. The topological polar surface area (TPSA) is 453 Å². The number of ketones is 3. The molecule has 2 heterocycles. The first kappa shape index (κ1) is 103. The molecule has 0 spiro atoms. The molecular formula is C96H120ClN13O19S. The maximum atomic E-state index is 15.6. The van der Waals surface area contributed by atoms with E-state index in [2.05, 4.69) is 36.9 Å². The molecule has 6 aromatic carbocycles. The van der Waals surface area contributed by atoms with Crippen LogP contribution in [-0.4, -0.2) is 255 Å². The van der Waals surface area contributed by atoms with E-state index >= 15 is 43.2 Å². The molecule has 1 aliphatic rings. The Hall–Kier alpha value is -12.8. The summed E-state index contributed by atoms with van der Waals surface area (Å²) in [5, 5.41) is 38.5. The summed E-state index contributed by atoms with van der Waals surface area (Å²) >= 11 is 7.24. The number of amides is 12. The predicted octanol–water partition coefficient (Wildman–Crippen LogP) is 6.09. The number of nitrogens with one attached hydrogen (secondary N) is 7. The van der Waals surface area contributed by atoms with Crippen molar-refractivity contribution >= 4 is 129 Å². The molecule has 1 aromatic heterocycles. The number of unbranched alkanes of at least 4 members (excludes halogenated alkanes) is 1. The summed E-state index contributed by atoms with van der Waals surface area (Å²) < 4.78 is 5.16. The number of primary amides is 1. The van der Waals surface area contributed by atoms with Crippen molar-refractivity contribution in [3.8, 4) is 11.5 Å². The normalized spacial score (nSPS) is 22.0. The lowest BCUT2D eigenvalue weighted by atomic mass is 9.84. The van der Waals surface area contributed by atoms with Gasteiger partial charge in [0.1, 0.15) is 72.2 Å². The van der Waals surface area contributed by atoms with Crippen LogP contribution in [0.2, 0.25) is 5.02 Å². The van der Waals surface area contributed by atoms with E-state index in [-0.39, 0.29) is 81.0 Å². The van der Waals surface area contributed by atoms with E-state index < -0.39 is 211 Å². The number of aromatic nitrogens is 1. The number of hydrogen-bond donors (Lipinski definition) is 10. The number of H-pyrrole nitrogens is 1. The molecule has 1 fully saturated rings. The minimum absolute atomic E-state index is 0.0675. The lowest BCUT2D eigenvalue weighted by Gasteiger charge is -2.37. The Balaban J connectivity index is 1.21. The van der Waals surface area contributed by atoms with Crippen LogP contribution in [0.5, 0.6) is 11.5 Å². The number of ether oxygens (including phenoxy) is 1. The molecule has 32 nitrogen and oxygen atoms in total. The number of benzene rings is 6. The number of phenols is 2. The zero-order valence-electron chi connectivity index (χ0n) is 75.0. The van der Waals surface area contributed by atoms with Crippen molar-refractivity contribution in [1.82, 2.24) is 61.4 Å². The third-order valence-electron chi connectivity index (χ3n) is 23.0. The highest BCUT2D eigenvalue weighted by Crippen LogP contribution is 2.28. The number of fused-ring (bicyclic) bond motifs is 1. The molecule has 0 saturated carbocycles. The summed E-state index contributed by atoms with van der Waals surface area (Å²) in [6.07, 6.45) is -0.664. The van der Waals surface area contributed by atoms with Crippen LogP contribution in [0.25, 0.3) is 10.9 Å². The van der Waals surface area contributed by atoms with Gasteiger partial charge in [-0.3, -0.25) is 76.7 Å². The van der Waals surface area contributed by atoms with Crippen LogP contribution in [-0.2, 0) is 120 Å². The van der Waals surface area contributed by atoms with E-state index in [9.17, 15) is 43.8 Å². The van der Waals surface area contributed by atoms with Gasteiger partial charge in [-0.25, -0.2) is 0 Å². The first-order chi connectivity index (χ1) is 61.9. The van der Waals surface area contributed by atoms with Gasteiger partial charge < -0.3 is 82.1 Å². The van der Waals surface area contributed by atoms with Crippen LogP contribution in [0.3, 0.4) is 0 Å². The average Bonchev–Trinajstić information content (AvgIpc) is 1.27. The summed E-state index contributed by atoms with van der Waals surface area (Å²) in [7, 11) is 6.77. The number of thioether (sulfide) groups is 1. The maximum absolute atomic E-state index is 15.6. The van der Waals surface area contributed by atoms with Crippen molar-refractivity contribution < 1.29 is 91.7 Å². The molecule has 130 heavy (non-hydrogen) atoms. The molecule has 12 amide bonds. The number of halogens is 1. The molecule has 8 rings (SSSR count). The van der Waals surface area contributed by atoms with E-state index in [1.165, 1.54) is 93.6 Å². The molecule has 0 aliphatic carbocycles. The fourth-order valence-corrected chi connectivity index (χ4v) is 16.6. The Kier molecular flexibility index (Phi) is 39.7. The number of likely N-dealkylation sites (N-methyl/N-ethyl adjacent to an activating group) is 5. The van der Waals surface area contributed by atoms with E-state index in [1.54, 1.807) is 143 Å². The minimum atomic E-state index is -1.58. The number of para-hydroxylation sites is 1. The van der Waals surface area contributed by atoms with Crippen molar-refractivity contribution in [2.75, 3.05) is 66.4 Å². The van der Waals surface area contributed by atoms with Crippen LogP contribution >= 0.6 is 23.4 Å². The fraction of sp³-hybridized carbons (Fsp3) is 0.438. The van der Waals surface area contributed by atoms with Gasteiger partial charge in [0.15, 0.2) is 11.6 Å². The van der Waals surface area contributed by atoms with Crippen LogP contribution in [0.1, 0.15) is 119 Å². The second kappa shape index (κ2) is 50.3. The number of Topliss-reactive ketones (excluding diaryl/α,β-unsaturated/α-hetero) is 3. The number of rotatable bonds is 25. The Labute approximate surface area is 766 Å². The Morgan fingerprint density at radius 1 is 0.515 bits per heavy atom. The lowest BCUT2D eigenvalue weighted by Crippen LogP contribution is -2.59. The summed E-state index contributed by atoms with van der Waals surface area (Å²) in [6, 6.07) is 29.3. The van der Waals surface area contributed by atoms with E-state index in [0.717, 1.165) is 26.5 Å². The standard InChI is InChI=1S/C96H120ClN13O19S/c1-11-12-27-80-95(127)106(6)52-70(114)48-66(54-129-57-111)84(116)50-72(59(4)5)92(124)109(9)81(46-64-28-34-67(97)35-29-64)91(123)104-77(45-63-32-38-69(113)39-33-63)93(125)107(7)53-86(118)100-76(49-65-51-99-73-26-20-19-25-71(65)73)90(122)103-75(43-62-30-36-68(112)37-31-62)89(121)102-74(42-58(2)3)88(120)105-79(83(115)40-41-85(98)117)55-130-56-87(119)101-78(44-60-21-15-13-16-22-60)94(126)110(10)82(96(128)108(80)8)47-61-23-17-14-18-24-61/h13-26,28-39,51,57-59,66,72,74-82,99,112-113H,11-12,27,40-50,52-56H2,1-10H3,(H2,98,117)(H,100,118)(H,101,119)(H,102,121)(H,103,122)(H,104,123)(H,105,120)/t66-,72-,74-,75-,76-,77-,78-,79-,80-,81-,82-/m0/s1. The largest absolute Gasteiger partial charge is 0.508 e. The highest BCUT2D eigenvalue weighted by atomic mass is 35.5. The van der Waals surface area contributed by atoms with Crippen LogP contribution < -0.4 is 37.6 Å². The molecule has 696 valence electrons. The zero-order chi connectivity index (χ0) is 95.0. The number of carbonyl (C=O) groups is 16. The number of nitrogens with zero attached hydrogens (tertiary/aromatic N) is 5. The third kappa shape index (κ3) is 31.0.